The second-order valence-electron chi connectivity index (χ2n) is 2.62. The highest BCUT2D eigenvalue weighted by atomic mass is 32.1. The van der Waals surface area contributed by atoms with Gasteiger partial charge in [-0.05, 0) is 12.2 Å². The number of aromatic amines is 1. The Morgan fingerprint density at radius 2 is 2.38 bits per heavy atom. The lowest BCUT2D eigenvalue weighted by Crippen LogP contribution is -2.06. The Balaban J connectivity index is 2.01. The summed E-state index contributed by atoms with van der Waals surface area (Å²) in [5.41, 5.74) is 0. The highest BCUT2D eigenvalue weighted by Gasteiger charge is 1.94. The van der Waals surface area contributed by atoms with E-state index in [1.165, 1.54) is 6.33 Å². The minimum absolute atomic E-state index is 0.736. The molecule has 0 unspecified atom stereocenters. The molecule has 5 nitrogen and oxygen atoms in total. The van der Waals surface area contributed by atoms with E-state index in [2.05, 4.69) is 15.1 Å². The fourth-order valence-electron chi connectivity index (χ4n) is 1.08. The van der Waals surface area contributed by atoms with Crippen molar-refractivity contribution in [2.45, 2.75) is 13.1 Å². The number of nitrogens with one attached hydrogen (secondary N) is 1. The average Bonchev–Trinajstić information content (AvgIpc) is 2.72. The van der Waals surface area contributed by atoms with Crippen LogP contribution in [0, 0.1) is 4.77 Å². The zero-order valence-electron chi connectivity index (χ0n) is 6.92. The van der Waals surface area contributed by atoms with E-state index < -0.39 is 0 Å². The van der Waals surface area contributed by atoms with E-state index in [4.69, 9.17) is 12.2 Å². The maximum atomic E-state index is 5.04. The number of H-pyrrole nitrogens is 1. The maximum absolute atomic E-state index is 5.04. The lowest BCUT2D eigenvalue weighted by Gasteiger charge is -2.01. The van der Waals surface area contributed by atoms with Gasteiger partial charge < -0.3 is 9.55 Å². The molecule has 0 spiro atoms. The molecule has 0 aliphatic heterocycles. The van der Waals surface area contributed by atoms with Gasteiger partial charge in [-0.3, -0.25) is 4.68 Å². The van der Waals surface area contributed by atoms with Crippen molar-refractivity contribution in [3.63, 3.8) is 0 Å². The van der Waals surface area contributed by atoms with E-state index in [1.54, 1.807) is 11.0 Å². The van der Waals surface area contributed by atoms with Gasteiger partial charge in [0.2, 0.25) is 0 Å². The normalized spacial score (nSPS) is 10.5. The monoisotopic (exact) mass is 195 g/mol. The SMILES string of the molecule is S=c1[nH]ccn1CCn1cncn1. The maximum Gasteiger partial charge on any atom is 0.177 e. The van der Waals surface area contributed by atoms with E-state index in [9.17, 15) is 0 Å². The second kappa shape index (κ2) is 3.53. The average molecular weight is 195 g/mol. The molecule has 0 aliphatic rings. The van der Waals surface area contributed by atoms with Gasteiger partial charge in [-0.1, -0.05) is 0 Å². The molecule has 68 valence electrons. The van der Waals surface area contributed by atoms with Crippen LogP contribution in [0.25, 0.3) is 0 Å². The van der Waals surface area contributed by atoms with E-state index in [0.717, 1.165) is 17.9 Å². The van der Waals surface area contributed by atoms with Crippen molar-refractivity contribution in [3.05, 3.63) is 29.8 Å². The number of rotatable bonds is 3. The van der Waals surface area contributed by atoms with Crippen LogP contribution in [0.1, 0.15) is 0 Å². The summed E-state index contributed by atoms with van der Waals surface area (Å²) in [7, 11) is 0. The van der Waals surface area contributed by atoms with Crippen LogP contribution in [0.5, 0.6) is 0 Å². The Hall–Kier alpha value is -1.43. The summed E-state index contributed by atoms with van der Waals surface area (Å²) in [6, 6.07) is 0. The first-order chi connectivity index (χ1) is 6.36. The topological polar surface area (TPSA) is 51.4 Å². The Bertz CT molecular complexity index is 412. The fraction of sp³-hybridized carbons (Fsp3) is 0.286. The third kappa shape index (κ3) is 1.83. The summed E-state index contributed by atoms with van der Waals surface area (Å²) >= 11 is 5.04. The molecule has 1 N–H and O–H groups in total. The van der Waals surface area contributed by atoms with Gasteiger partial charge in [-0.25, -0.2) is 4.98 Å². The molecule has 0 amide bonds. The van der Waals surface area contributed by atoms with Gasteiger partial charge in [0.25, 0.3) is 0 Å². The predicted octanol–water partition coefficient (Wildman–Crippen LogP) is 0.837. The second-order valence-corrected chi connectivity index (χ2v) is 3.00. The fourth-order valence-corrected chi connectivity index (χ4v) is 1.30. The Labute approximate surface area is 80.0 Å². The summed E-state index contributed by atoms with van der Waals surface area (Å²) in [6.07, 6.45) is 6.95. The molecule has 0 aromatic carbocycles. The zero-order chi connectivity index (χ0) is 9.10. The van der Waals surface area contributed by atoms with Gasteiger partial charge in [0.15, 0.2) is 4.77 Å². The van der Waals surface area contributed by atoms with Crippen LogP contribution in [0.15, 0.2) is 25.0 Å². The van der Waals surface area contributed by atoms with Crippen molar-refractivity contribution in [2.24, 2.45) is 0 Å². The molecular weight excluding hydrogens is 186 g/mol. The van der Waals surface area contributed by atoms with Crippen LogP contribution in [0.3, 0.4) is 0 Å². The van der Waals surface area contributed by atoms with Crippen molar-refractivity contribution in [1.82, 2.24) is 24.3 Å². The Morgan fingerprint density at radius 3 is 3.00 bits per heavy atom. The van der Waals surface area contributed by atoms with Gasteiger partial charge in [-0.15, -0.1) is 0 Å². The van der Waals surface area contributed by atoms with Crippen molar-refractivity contribution in [2.75, 3.05) is 0 Å². The number of nitrogens with zero attached hydrogens (tertiary/aromatic N) is 4. The first-order valence-electron chi connectivity index (χ1n) is 3.92. The van der Waals surface area contributed by atoms with Crippen molar-refractivity contribution >= 4 is 12.2 Å². The Kier molecular flexibility index (Phi) is 2.22. The van der Waals surface area contributed by atoms with E-state index in [-0.39, 0.29) is 0 Å². The molecule has 2 aromatic heterocycles. The van der Waals surface area contributed by atoms with Crippen molar-refractivity contribution in [1.29, 1.82) is 0 Å². The Morgan fingerprint density at radius 1 is 1.46 bits per heavy atom. The molecule has 2 heterocycles. The number of aryl methyl sites for hydroxylation is 2. The summed E-state index contributed by atoms with van der Waals surface area (Å²) in [4.78, 5) is 6.78. The molecule has 2 aromatic rings. The predicted molar refractivity (Wildman–Crippen MR) is 49.6 cm³/mol. The van der Waals surface area contributed by atoms with Crippen molar-refractivity contribution < 1.29 is 0 Å². The third-order valence-corrected chi connectivity index (χ3v) is 2.11. The highest BCUT2D eigenvalue weighted by Crippen LogP contribution is 1.92. The molecule has 0 radical (unpaired) electrons. The van der Waals surface area contributed by atoms with Gasteiger partial charge in [0, 0.05) is 18.9 Å². The summed E-state index contributed by atoms with van der Waals surface area (Å²) in [5.74, 6) is 0. The van der Waals surface area contributed by atoms with Crippen LogP contribution < -0.4 is 0 Å². The molecule has 0 saturated heterocycles. The molecule has 0 aliphatic carbocycles. The number of aromatic nitrogens is 5. The summed E-state index contributed by atoms with van der Waals surface area (Å²) < 4.78 is 4.46. The summed E-state index contributed by atoms with van der Waals surface area (Å²) in [6.45, 7) is 1.60. The molecule has 2 rings (SSSR count). The quantitative estimate of drug-likeness (QED) is 0.738. The molecule has 0 atom stereocenters. The smallest absolute Gasteiger partial charge is 0.177 e. The molecular formula is C7H9N5S. The van der Waals surface area contributed by atoms with Crippen LogP contribution >= 0.6 is 12.2 Å². The van der Waals surface area contributed by atoms with E-state index in [1.807, 2.05) is 17.0 Å². The largest absolute Gasteiger partial charge is 0.337 e. The first kappa shape index (κ1) is 8.18. The van der Waals surface area contributed by atoms with Gasteiger partial charge in [0.1, 0.15) is 12.7 Å². The van der Waals surface area contributed by atoms with Crippen LogP contribution in [0.4, 0.5) is 0 Å². The van der Waals surface area contributed by atoms with Crippen LogP contribution in [0.2, 0.25) is 0 Å². The minimum Gasteiger partial charge on any atom is -0.337 e. The number of hydrogen-bond acceptors (Lipinski definition) is 3. The molecule has 13 heavy (non-hydrogen) atoms. The third-order valence-electron chi connectivity index (χ3n) is 1.76. The van der Waals surface area contributed by atoms with E-state index >= 15 is 0 Å². The number of hydrogen-bond donors (Lipinski definition) is 1. The van der Waals surface area contributed by atoms with Gasteiger partial charge in [0.05, 0.1) is 6.54 Å². The molecule has 0 saturated carbocycles. The van der Waals surface area contributed by atoms with Gasteiger partial charge >= 0.3 is 0 Å². The molecule has 6 heteroatoms. The van der Waals surface area contributed by atoms with Crippen LogP contribution in [-0.4, -0.2) is 24.3 Å². The lowest BCUT2D eigenvalue weighted by molar-refractivity contribution is 0.529. The van der Waals surface area contributed by atoms with Crippen molar-refractivity contribution in [3.8, 4) is 0 Å². The van der Waals surface area contributed by atoms with Gasteiger partial charge in [-0.2, -0.15) is 5.10 Å². The lowest BCUT2D eigenvalue weighted by atomic mass is 10.6. The van der Waals surface area contributed by atoms with E-state index in [0.29, 0.717) is 0 Å². The van der Waals surface area contributed by atoms with Crippen LogP contribution in [-0.2, 0) is 13.1 Å². The summed E-state index contributed by atoms with van der Waals surface area (Å²) in [5, 5.41) is 3.99. The standard InChI is InChI=1S/C7H9N5S/c13-7-9-1-2-11(7)3-4-12-6-8-5-10-12/h1-2,5-6H,3-4H2,(H,9,13). The minimum atomic E-state index is 0.736. The molecule has 0 fully saturated rings. The zero-order valence-corrected chi connectivity index (χ0v) is 7.74. The number of imidazole rings is 1. The highest BCUT2D eigenvalue weighted by molar-refractivity contribution is 7.71. The first-order valence-corrected chi connectivity index (χ1v) is 4.33. The molecule has 0 bridgehead atoms.